The van der Waals surface area contributed by atoms with Gasteiger partial charge in [-0.3, -0.25) is 9.59 Å². The molecule has 0 heterocycles. The lowest BCUT2D eigenvalue weighted by atomic mass is 10.0. The number of hydrogen-bond donors (Lipinski definition) is 2. The molecule has 0 spiro atoms. The summed E-state index contributed by atoms with van der Waals surface area (Å²) >= 11 is 0. The summed E-state index contributed by atoms with van der Waals surface area (Å²) in [5.74, 6) is 1.06. The molecule has 4 aromatic carbocycles. The summed E-state index contributed by atoms with van der Waals surface area (Å²) in [6, 6.07) is 30.8. The Morgan fingerprint density at radius 2 is 1.31 bits per heavy atom. The van der Waals surface area contributed by atoms with E-state index in [9.17, 15) is 18.0 Å². The van der Waals surface area contributed by atoms with Crippen LogP contribution in [0.1, 0.15) is 41.5 Å². The second-order valence-corrected chi connectivity index (χ2v) is 13.7. The van der Waals surface area contributed by atoms with Crippen LogP contribution in [0.15, 0.2) is 108 Å². The molecule has 1 atom stereocenters. The Hall–Kier alpha value is -4.67. The van der Waals surface area contributed by atoms with Gasteiger partial charge in [-0.25, -0.2) is 13.1 Å². The fraction of sp³-hybridized carbons (Fsp3) is 0.316. The van der Waals surface area contributed by atoms with Crippen LogP contribution in [-0.2, 0) is 45.4 Å². The number of carbonyl (C=O) groups excluding carboxylic acids is 2. The SMILES string of the molecule is COc1ccc(CCNC(=O)C(Cc2ccccc2)N(Cc2ccc(OC)cc2)C(=O)CCc2ccc(S(=O)(=O)NC3CC3)cc2)cc1. The smallest absolute Gasteiger partial charge is 0.243 e. The molecule has 48 heavy (non-hydrogen) atoms. The largest absolute Gasteiger partial charge is 0.497 e. The highest BCUT2D eigenvalue weighted by Gasteiger charge is 2.31. The topological polar surface area (TPSA) is 114 Å². The second-order valence-electron chi connectivity index (χ2n) is 12.0. The van der Waals surface area contributed by atoms with Gasteiger partial charge in [-0.15, -0.1) is 0 Å². The minimum atomic E-state index is -3.56. The highest BCUT2D eigenvalue weighted by atomic mass is 32.2. The molecule has 4 aromatic rings. The number of ether oxygens (including phenoxy) is 2. The molecule has 9 nitrogen and oxygen atoms in total. The maximum Gasteiger partial charge on any atom is 0.243 e. The van der Waals surface area contributed by atoms with Crippen LogP contribution < -0.4 is 19.5 Å². The van der Waals surface area contributed by atoms with Crippen LogP contribution >= 0.6 is 0 Å². The molecule has 1 aliphatic carbocycles. The molecular weight excluding hydrogens is 627 g/mol. The normalized spacial score (nSPS) is 13.4. The van der Waals surface area contributed by atoms with Crippen LogP contribution in [0.4, 0.5) is 0 Å². The van der Waals surface area contributed by atoms with Crippen molar-refractivity contribution in [2.45, 2.75) is 62.0 Å². The lowest BCUT2D eigenvalue weighted by Gasteiger charge is -2.32. The van der Waals surface area contributed by atoms with Crippen molar-refractivity contribution < 1.29 is 27.5 Å². The molecule has 1 aliphatic rings. The molecule has 1 saturated carbocycles. The van der Waals surface area contributed by atoms with E-state index in [0.717, 1.165) is 40.8 Å². The number of benzene rings is 4. The average molecular weight is 670 g/mol. The molecule has 0 bridgehead atoms. The van der Waals surface area contributed by atoms with Gasteiger partial charge in [0.25, 0.3) is 0 Å². The Kier molecular flexibility index (Phi) is 11.9. The third kappa shape index (κ3) is 9.92. The minimum Gasteiger partial charge on any atom is -0.497 e. The number of nitrogens with one attached hydrogen (secondary N) is 2. The third-order valence-electron chi connectivity index (χ3n) is 8.42. The zero-order valence-corrected chi connectivity index (χ0v) is 28.2. The Morgan fingerprint density at radius 3 is 1.90 bits per heavy atom. The monoisotopic (exact) mass is 669 g/mol. The molecule has 1 fully saturated rings. The maximum atomic E-state index is 14.1. The van der Waals surface area contributed by atoms with Crippen LogP contribution in [0.5, 0.6) is 11.5 Å². The molecule has 10 heteroatoms. The van der Waals surface area contributed by atoms with Crippen molar-refractivity contribution in [3.63, 3.8) is 0 Å². The molecule has 5 rings (SSSR count). The molecule has 2 amide bonds. The number of methoxy groups -OCH3 is 2. The van der Waals surface area contributed by atoms with Crippen molar-refractivity contribution in [1.82, 2.24) is 14.9 Å². The lowest BCUT2D eigenvalue weighted by Crippen LogP contribution is -2.50. The van der Waals surface area contributed by atoms with E-state index in [2.05, 4.69) is 10.0 Å². The summed E-state index contributed by atoms with van der Waals surface area (Å²) in [4.78, 5) is 29.9. The Morgan fingerprint density at radius 1 is 0.750 bits per heavy atom. The van der Waals surface area contributed by atoms with Gasteiger partial charge in [0, 0.05) is 32.0 Å². The fourth-order valence-corrected chi connectivity index (χ4v) is 6.75. The summed E-state index contributed by atoms with van der Waals surface area (Å²) < 4.78 is 38.5. The van der Waals surface area contributed by atoms with Gasteiger partial charge < -0.3 is 19.7 Å². The van der Waals surface area contributed by atoms with E-state index in [0.29, 0.717) is 31.6 Å². The molecule has 0 radical (unpaired) electrons. The van der Waals surface area contributed by atoms with Crippen molar-refractivity contribution in [1.29, 1.82) is 0 Å². The molecule has 0 aliphatic heterocycles. The van der Waals surface area contributed by atoms with Crippen molar-refractivity contribution >= 4 is 21.8 Å². The van der Waals surface area contributed by atoms with Gasteiger partial charge >= 0.3 is 0 Å². The predicted molar refractivity (Wildman–Crippen MR) is 185 cm³/mol. The minimum absolute atomic E-state index is 0.0208. The number of rotatable bonds is 17. The number of aryl methyl sites for hydroxylation is 1. The summed E-state index contributed by atoms with van der Waals surface area (Å²) in [7, 11) is -0.339. The van der Waals surface area contributed by atoms with E-state index in [-0.39, 0.29) is 35.7 Å². The Labute approximate surface area is 283 Å². The Bertz CT molecular complexity index is 1740. The van der Waals surface area contributed by atoms with Crippen LogP contribution in [-0.4, -0.2) is 58.0 Å². The van der Waals surface area contributed by atoms with Gasteiger partial charge in [0.05, 0.1) is 19.1 Å². The van der Waals surface area contributed by atoms with Gasteiger partial charge in [-0.05, 0) is 84.3 Å². The standard InChI is InChI=1S/C38H43N3O6S/c1-46-33-17-8-29(9-18-33)24-25-39-38(43)36(26-30-6-4-3-5-7-30)41(27-31-10-19-34(47-2)20-11-31)37(42)23-14-28-12-21-35(22-13-28)48(44,45)40-32-15-16-32/h3-13,17-22,32,36,40H,14-16,23-27H2,1-2H3,(H,39,43). The van der Waals surface area contributed by atoms with Crippen molar-refractivity contribution in [3.8, 4) is 11.5 Å². The highest BCUT2D eigenvalue weighted by molar-refractivity contribution is 7.89. The van der Waals surface area contributed by atoms with E-state index in [1.165, 1.54) is 0 Å². The zero-order chi connectivity index (χ0) is 33.9. The first-order chi connectivity index (χ1) is 23.2. The van der Waals surface area contributed by atoms with Gasteiger partial charge in [-0.1, -0.05) is 66.7 Å². The lowest BCUT2D eigenvalue weighted by molar-refractivity contribution is -0.141. The molecule has 252 valence electrons. The summed E-state index contributed by atoms with van der Waals surface area (Å²) in [6.07, 6.45) is 3.23. The van der Waals surface area contributed by atoms with Crippen molar-refractivity contribution in [3.05, 3.63) is 125 Å². The van der Waals surface area contributed by atoms with E-state index in [1.807, 2.05) is 78.9 Å². The van der Waals surface area contributed by atoms with E-state index < -0.39 is 16.1 Å². The number of hydrogen-bond acceptors (Lipinski definition) is 6. The van der Waals surface area contributed by atoms with Gasteiger partial charge in [0.2, 0.25) is 21.8 Å². The highest BCUT2D eigenvalue weighted by Crippen LogP contribution is 2.23. The van der Waals surface area contributed by atoms with Gasteiger partial charge in [0.1, 0.15) is 17.5 Å². The van der Waals surface area contributed by atoms with Gasteiger partial charge in [-0.2, -0.15) is 0 Å². The average Bonchev–Trinajstić information content (AvgIpc) is 3.93. The molecular formula is C38H43N3O6S. The van der Waals surface area contributed by atoms with Crippen LogP contribution in [0, 0.1) is 0 Å². The first-order valence-electron chi connectivity index (χ1n) is 16.2. The number of carbonyl (C=O) groups is 2. The molecule has 1 unspecified atom stereocenters. The van der Waals surface area contributed by atoms with Crippen LogP contribution in [0.3, 0.4) is 0 Å². The van der Waals surface area contributed by atoms with E-state index in [1.54, 1.807) is 43.4 Å². The van der Waals surface area contributed by atoms with Gasteiger partial charge in [0.15, 0.2) is 0 Å². The quantitative estimate of drug-likeness (QED) is 0.162. The Balaban J connectivity index is 1.34. The van der Waals surface area contributed by atoms with Crippen molar-refractivity contribution in [2.24, 2.45) is 0 Å². The van der Waals surface area contributed by atoms with E-state index in [4.69, 9.17) is 9.47 Å². The maximum absolute atomic E-state index is 14.1. The molecule has 0 saturated heterocycles. The van der Waals surface area contributed by atoms with Crippen LogP contribution in [0.2, 0.25) is 0 Å². The zero-order valence-electron chi connectivity index (χ0n) is 27.4. The first-order valence-corrected chi connectivity index (χ1v) is 17.7. The fourth-order valence-electron chi connectivity index (χ4n) is 5.44. The number of nitrogens with zero attached hydrogens (tertiary/aromatic N) is 1. The predicted octanol–water partition coefficient (Wildman–Crippen LogP) is 5.08. The number of amides is 2. The summed E-state index contributed by atoms with van der Waals surface area (Å²) in [5, 5.41) is 3.08. The summed E-state index contributed by atoms with van der Waals surface area (Å²) in [5.41, 5.74) is 3.70. The van der Waals surface area contributed by atoms with Crippen molar-refractivity contribution in [2.75, 3.05) is 20.8 Å². The molecule has 0 aromatic heterocycles. The molecule has 2 N–H and O–H groups in total. The second kappa shape index (κ2) is 16.4. The summed E-state index contributed by atoms with van der Waals surface area (Å²) in [6.45, 7) is 0.641. The van der Waals surface area contributed by atoms with Crippen LogP contribution in [0.25, 0.3) is 0 Å². The number of sulfonamides is 1. The van der Waals surface area contributed by atoms with E-state index >= 15 is 0 Å². The third-order valence-corrected chi connectivity index (χ3v) is 9.95. The first kappa shape index (κ1) is 34.7.